The molecule has 0 aromatic heterocycles. The molecule has 0 spiro atoms. The van der Waals surface area contributed by atoms with Gasteiger partial charge in [-0.3, -0.25) is 0 Å². The van der Waals surface area contributed by atoms with Gasteiger partial charge in [-0.25, -0.2) is 0 Å². The molecule has 0 unspecified atom stereocenters. The van der Waals surface area contributed by atoms with Crippen molar-refractivity contribution in [2.24, 2.45) is 5.92 Å². The Kier molecular flexibility index (Phi) is 5.94. The maximum Gasteiger partial charge on any atom is 0.0503 e. The second kappa shape index (κ2) is 7.29. The molecule has 0 aliphatic heterocycles. The molecule has 1 rings (SSSR count). The minimum Gasteiger partial charge on any atom is -0.385 e. The van der Waals surface area contributed by atoms with Crippen molar-refractivity contribution < 1.29 is 4.74 Å². The first-order valence-electron chi connectivity index (χ1n) is 6.04. The van der Waals surface area contributed by atoms with Crippen LogP contribution in [0.5, 0.6) is 0 Å². The Morgan fingerprint density at radius 1 is 1.25 bits per heavy atom. The molecule has 0 aliphatic carbocycles. The molecule has 2 nitrogen and oxygen atoms in total. The van der Waals surface area contributed by atoms with Crippen LogP contribution in [0, 0.1) is 5.92 Å². The number of para-hydroxylation sites is 1. The number of rotatable bonds is 7. The summed E-state index contributed by atoms with van der Waals surface area (Å²) in [4.78, 5) is 0. The van der Waals surface area contributed by atoms with Crippen LogP contribution in [0.2, 0.25) is 0 Å². The zero-order valence-corrected chi connectivity index (χ0v) is 10.6. The van der Waals surface area contributed by atoms with Gasteiger partial charge in [0, 0.05) is 19.3 Å². The maximum atomic E-state index is 5.12. The van der Waals surface area contributed by atoms with E-state index in [0.717, 1.165) is 25.5 Å². The molecule has 1 aromatic rings. The quantitative estimate of drug-likeness (QED) is 0.762. The Morgan fingerprint density at radius 2 is 2.00 bits per heavy atom. The second-order valence-corrected chi connectivity index (χ2v) is 4.51. The van der Waals surface area contributed by atoms with E-state index in [-0.39, 0.29) is 0 Å². The van der Waals surface area contributed by atoms with Gasteiger partial charge in [0.15, 0.2) is 0 Å². The van der Waals surface area contributed by atoms with E-state index in [1.54, 1.807) is 7.11 Å². The highest BCUT2D eigenvalue weighted by Gasteiger charge is 2.01. The number of methoxy groups -OCH3 is 1. The summed E-state index contributed by atoms with van der Waals surface area (Å²) in [5.74, 6) is 0.749. The third kappa shape index (κ3) is 4.67. The molecule has 0 aliphatic rings. The Hall–Kier alpha value is -1.02. The fourth-order valence-electron chi connectivity index (χ4n) is 1.62. The number of hydrogen-bond donors (Lipinski definition) is 1. The molecule has 0 bridgehead atoms. The van der Waals surface area contributed by atoms with E-state index >= 15 is 0 Å². The van der Waals surface area contributed by atoms with Crippen molar-refractivity contribution in [2.45, 2.75) is 26.7 Å². The van der Waals surface area contributed by atoms with Crippen LogP contribution < -0.4 is 5.32 Å². The second-order valence-electron chi connectivity index (χ2n) is 4.51. The number of nitrogens with one attached hydrogen (secondary N) is 1. The van der Waals surface area contributed by atoms with Gasteiger partial charge in [0.2, 0.25) is 0 Å². The number of anilines is 1. The van der Waals surface area contributed by atoms with Crippen molar-refractivity contribution in [3.63, 3.8) is 0 Å². The predicted octanol–water partition coefficient (Wildman–Crippen LogP) is 3.33. The van der Waals surface area contributed by atoms with Gasteiger partial charge in [-0.15, -0.1) is 0 Å². The van der Waals surface area contributed by atoms with Gasteiger partial charge in [-0.05, 0) is 30.4 Å². The average molecular weight is 221 g/mol. The van der Waals surface area contributed by atoms with Crippen molar-refractivity contribution in [1.29, 1.82) is 0 Å². The Morgan fingerprint density at radius 3 is 2.69 bits per heavy atom. The topological polar surface area (TPSA) is 21.3 Å². The fourth-order valence-corrected chi connectivity index (χ4v) is 1.62. The van der Waals surface area contributed by atoms with Gasteiger partial charge in [-0.1, -0.05) is 32.0 Å². The third-order valence-corrected chi connectivity index (χ3v) is 2.63. The van der Waals surface area contributed by atoms with E-state index in [2.05, 4.69) is 43.4 Å². The van der Waals surface area contributed by atoms with Crippen molar-refractivity contribution in [3.8, 4) is 0 Å². The molecule has 2 heteroatoms. The van der Waals surface area contributed by atoms with Crippen LogP contribution in [0.25, 0.3) is 0 Å². The smallest absolute Gasteiger partial charge is 0.0503 e. The highest BCUT2D eigenvalue weighted by molar-refractivity contribution is 5.51. The van der Waals surface area contributed by atoms with E-state index in [1.165, 1.54) is 17.7 Å². The lowest BCUT2D eigenvalue weighted by atomic mass is 10.1. The molecule has 90 valence electrons. The van der Waals surface area contributed by atoms with Crippen molar-refractivity contribution >= 4 is 5.69 Å². The van der Waals surface area contributed by atoms with Crippen LogP contribution in [-0.2, 0) is 11.2 Å². The van der Waals surface area contributed by atoms with Gasteiger partial charge < -0.3 is 10.1 Å². The average Bonchev–Trinajstić information content (AvgIpc) is 2.27. The Balaban J connectivity index is 2.49. The zero-order chi connectivity index (χ0) is 11.8. The van der Waals surface area contributed by atoms with Crippen LogP contribution in [-0.4, -0.2) is 20.3 Å². The lowest BCUT2D eigenvalue weighted by molar-refractivity contribution is 0.202. The Bertz CT molecular complexity index is 297. The van der Waals surface area contributed by atoms with Crippen molar-refractivity contribution in [1.82, 2.24) is 0 Å². The molecular formula is C14H23NO. The maximum absolute atomic E-state index is 5.12. The van der Waals surface area contributed by atoms with Gasteiger partial charge in [-0.2, -0.15) is 0 Å². The lowest BCUT2D eigenvalue weighted by Gasteiger charge is -2.12. The number of ether oxygens (including phenoxy) is 1. The Labute approximate surface area is 99.0 Å². The minimum atomic E-state index is 0.749. The largest absolute Gasteiger partial charge is 0.385 e. The summed E-state index contributed by atoms with van der Waals surface area (Å²) in [6, 6.07) is 8.47. The fraction of sp³-hybridized carbons (Fsp3) is 0.571. The molecule has 0 saturated heterocycles. The van der Waals surface area contributed by atoms with Gasteiger partial charge in [0.1, 0.15) is 0 Å². The molecule has 0 fully saturated rings. The summed E-state index contributed by atoms with van der Waals surface area (Å²) in [6.45, 7) is 6.32. The molecule has 0 atom stereocenters. The monoisotopic (exact) mass is 221 g/mol. The lowest BCUT2D eigenvalue weighted by Crippen LogP contribution is -2.07. The van der Waals surface area contributed by atoms with Gasteiger partial charge in [0.25, 0.3) is 0 Å². The van der Waals surface area contributed by atoms with E-state index in [4.69, 9.17) is 4.74 Å². The summed E-state index contributed by atoms with van der Waals surface area (Å²) in [5, 5.41) is 3.50. The highest BCUT2D eigenvalue weighted by atomic mass is 16.5. The molecule has 0 saturated carbocycles. The van der Waals surface area contributed by atoms with Crippen molar-refractivity contribution in [3.05, 3.63) is 29.8 Å². The molecule has 1 N–H and O–H groups in total. The van der Waals surface area contributed by atoms with Gasteiger partial charge >= 0.3 is 0 Å². The molecule has 0 amide bonds. The normalized spacial score (nSPS) is 10.8. The highest BCUT2D eigenvalue weighted by Crippen LogP contribution is 2.16. The van der Waals surface area contributed by atoms with Crippen LogP contribution in [0.1, 0.15) is 25.8 Å². The van der Waals surface area contributed by atoms with Crippen LogP contribution >= 0.6 is 0 Å². The molecule has 1 aromatic carbocycles. The number of hydrogen-bond acceptors (Lipinski definition) is 2. The third-order valence-electron chi connectivity index (χ3n) is 2.63. The predicted molar refractivity (Wildman–Crippen MR) is 70.0 cm³/mol. The summed E-state index contributed by atoms with van der Waals surface area (Å²) in [5.41, 5.74) is 2.59. The van der Waals surface area contributed by atoms with E-state index < -0.39 is 0 Å². The zero-order valence-electron chi connectivity index (χ0n) is 10.6. The molecule has 16 heavy (non-hydrogen) atoms. The first kappa shape index (κ1) is 13.0. The summed E-state index contributed by atoms with van der Waals surface area (Å²) >= 11 is 0. The molecule has 0 radical (unpaired) electrons. The van der Waals surface area contributed by atoms with Crippen molar-refractivity contribution in [2.75, 3.05) is 25.6 Å². The van der Waals surface area contributed by atoms with E-state index in [9.17, 15) is 0 Å². The van der Waals surface area contributed by atoms with Crippen LogP contribution in [0.15, 0.2) is 24.3 Å². The van der Waals surface area contributed by atoms with E-state index in [1.807, 2.05) is 0 Å². The number of benzene rings is 1. The first-order chi connectivity index (χ1) is 7.74. The molecular weight excluding hydrogens is 198 g/mol. The van der Waals surface area contributed by atoms with E-state index in [0.29, 0.717) is 0 Å². The summed E-state index contributed by atoms with van der Waals surface area (Å²) in [6.07, 6.45) is 2.18. The minimum absolute atomic E-state index is 0.749. The standard InChI is InChI=1S/C14H23NO/c1-12(2)8-10-15-14-7-5-4-6-13(14)9-11-16-3/h4-7,12,15H,8-11H2,1-3H3. The van der Waals surface area contributed by atoms with Crippen LogP contribution in [0.4, 0.5) is 5.69 Å². The molecule has 0 heterocycles. The van der Waals surface area contributed by atoms with Crippen LogP contribution in [0.3, 0.4) is 0 Å². The van der Waals surface area contributed by atoms with Gasteiger partial charge in [0.05, 0.1) is 6.61 Å². The summed E-state index contributed by atoms with van der Waals surface area (Å²) in [7, 11) is 1.74. The first-order valence-corrected chi connectivity index (χ1v) is 6.04. The summed E-state index contributed by atoms with van der Waals surface area (Å²) < 4.78 is 5.12. The SMILES string of the molecule is COCCc1ccccc1NCCC(C)C.